The zero-order chi connectivity index (χ0) is 14.0. The number of sulfonamides is 1. The summed E-state index contributed by atoms with van der Waals surface area (Å²) in [6, 6.07) is 7.28. The number of benzene rings is 1. The average molecular weight is 281 g/mol. The van der Waals surface area contributed by atoms with Crippen LogP contribution in [0, 0.1) is 11.8 Å². The SMILES string of the molecule is CCc1ccc(S(=O)(=O)N2C[C@H](C)C[C@H](C)C2)cc1. The Morgan fingerprint density at radius 1 is 1.11 bits per heavy atom. The van der Waals surface area contributed by atoms with Crippen molar-refractivity contribution in [3.63, 3.8) is 0 Å². The van der Waals surface area contributed by atoms with E-state index in [0.717, 1.165) is 12.8 Å². The molecule has 0 unspecified atom stereocenters. The molecule has 1 aromatic carbocycles. The Hall–Kier alpha value is -0.870. The molecule has 0 amide bonds. The van der Waals surface area contributed by atoms with Crippen molar-refractivity contribution in [2.45, 2.75) is 38.5 Å². The first-order valence-electron chi connectivity index (χ1n) is 7.02. The van der Waals surface area contributed by atoms with Crippen LogP contribution in [0.5, 0.6) is 0 Å². The second-order valence-electron chi connectivity index (χ2n) is 5.77. The van der Waals surface area contributed by atoms with E-state index >= 15 is 0 Å². The molecular formula is C15H23NO2S. The van der Waals surface area contributed by atoms with Gasteiger partial charge in [-0.15, -0.1) is 0 Å². The summed E-state index contributed by atoms with van der Waals surface area (Å²) in [7, 11) is -3.32. The fraction of sp³-hybridized carbons (Fsp3) is 0.600. The van der Waals surface area contributed by atoms with Crippen molar-refractivity contribution >= 4 is 10.0 Å². The van der Waals surface area contributed by atoms with Crippen LogP contribution >= 0.6 is 0 Å². The van der Waals surface area contributed by atoms with Crippen LogP contribution in [0.4, 0.5) is 0 Å². The van der Waals surface area contributed by atoms with Crippen molar-refractivity contribution in [1.82, 2.24) is 4.31 Å². The average Bonchev–Trinajstić information content (AvgIpc) is 2.37. The third kappa shape index (κ3) is 3.18. The molecule has 4 heteroatoms. The van der Waals surface area contributed by atoms with Crippen LogP contribution in [-0.2, 0) is 16.4 Å². The lowest BCUT2D eigenvalue weighted by Crippen LogP contribution is -2.42. The van der Waals surface area contributed by atoms with Gasteiger partial charge < -0.3 is 0 Å². The van der Waals surface area contributed by atoms with Gasteiger partial charge in [0.25, 0.3) is 0 Å². The molecule has 1 aliphatic heterocycles. The molecule has 106 valence electrons. The van der Waals surface area contributed by atoms with Gasteiger partial charge in [-0.25, -0.2) is 8.42 Å². The molecule has 1 saturated heterocycles. The Labute approximate surface area is 116 Å². The molecule has 3 nitrogen and oxygen atoms in total. The van der Waals surface area contributed by atoms with Gasteiger partial charge in [0.2, 0.25) is 10.0 Å². The number of rotatable bonds is 3. The van der Waals surface area contributed by atoms with Gasteiger partial charge in [-0.3, -0.25) is 0 Å². The van der Waals surface area contributed by atoms with Gasteiger partial charge in [-0.2, -0.15) is 4.31 Å². The Morgan fingerprint density at radius 3 is 2.11 bits per heavy atom. The van der Waals surface area contributed by atoms with Gasteiger partial charge in [0.05, 0.1) is 4.90 Å². The first-order chi connectivity index (χ1) is 8.93. The van der Waals surface area contributed by atoms with Crippen LogP contribution in [0.3, 0.4) is 0 Å². The molecule has 1 fully saturated rings. The topological polar surface area (TPSA) is 37.4 Å². The van der Waals surface area contributed by atoms with Gasteiger partial charge >= 0.3 is 0 Å². The summed E-state index contributed by atoms with van der Waals surface area (Å²) in [4.78, 5) is 0.422. The third-order valence-corrected chi connectivity index (χ3v) is 5.65. The smallest absolute Gasteiger partial charge is 0.207 e. The van der Waals surface area contributed by atoms with E-state index in [-0.39, 0.29) is 0 Å². The quantitative estimate of drug-likeness (QED) is 0.854. The van der Waals surface area contributed by atoms with E-state index < -0.39 is 10.0 Å². The maximum Gasteiger partial charge on any atom is 0.243 e. The summed E-state index contributed by atoms with van der Waals surface area (Å²) in [6.07, 6.45) is 2.04. The van der Waals surface area contributed by atoms with E-state index in [1.54, 1.807) is 16.4 Å². The second kappa shape index (κ2) is 5.63. The molecular weight excluding hydrogens is 258 g/mol. The highest BCUT2D eigenvalue weighted by Crippen LogP contribution is 2.26. The summed E-state index contributed by atoms with van der Waals surface area (Å²) in [5, 5.41) is 0. The number of nitrogens with zero attached hydrogens (tertiary/aromatic N) is 1. The molecule has 19 heavy (non-hydrogen) atoms. The van der Waals surface area contributed by atoms with E-state index in [4.69, 9.17) is 0 Å². The van der Waals surface area contributed by atoms with Crippen molar-refractivity contribution in [1.29, 1.82) is 0 Å². The highest BCUT2D eigenvalue weighted by molar-refractivity contribution is 7.89. The van der Waals surface area contributed by atoms with Gasteiger partial charge in [0.15, 0.2) is 0 Å². The molecule has 2 atom stereocenters. The lowest BCUT2D eigenvalue weighted by atomic mass is 9.94. The summed E-state index contributed by atoms with van der Waals surface area (Å²) >= 11 is 0. The zero-order valence-electron chi connectivity index (χ0n) is 12.0. The molecule has 0 bridgehead atoms. The summed E-state index contributed by atoms with van der Waals surface area (Å²) in [5.41, 5.74) is 1.17. The summed E-state index contributed by atoms with van der Waals surface area (Å²) < 4.78 is 26.9. The molecule has 2 rings (SSSR count). The maximum absolute atomic E-state index is 12.6. The monoisotopic (exact) mass is 281 g/mol. The number of aryl methyl sites for hydroxylation is 1. The molecule has 0 aliphatic carbocycles. The van der Waals surface area contributed by atoms with E-state index in [0.29, 0.717) is 29.8 Å². The van der Waals surface area contributed by atoms with Crippen LogP contribution in [0.25, 0.3) is 0 Å². The van der Waals surface area contributed by atoms with E-state index in [1.165, 1.54) is 5.56 Å². The minimum atomic E-state index is -3.32. The fourth-order valence-corrected chi connectivity index (χ4v) is 4.53. The Kier molecular flexibility index (Phi) is 4.31. The molecule has 0 spiro atoms. The molecule has 0 radical (unpaired) electrons. The lowest BCUT2D eigenvalue weighted by Gasteiger charge is -2.34. The molecule has 0 aromatic heterocycles. The van der Waals surface area contributed by atoms with Crippen LogP contribution in [0.15, 0.2) is 29.2 Å². The third-order valence-electron chi connectivity index (χ3n) is 3.80. The van der Waals surface area contributed by atoms with Crippen LogP contribution in [-0.4, -0.2) is 25.8 Å². The predicted molar refractivity (Wildman–Crippen MR) is 77.5 cm³/mol. The molecule has 1 aromatic rings. The van der Waals surface area contributed by atoms with Crippen molar-refractivity contribution < 1.29 is 8.42 Å². The number of piperidine rings is 1. The standard InChI is InChI=1S/C15H23NO2S/c1-4-14-5-7-15(8-6-14)19(17,18)16-10-12(2)9-13(3)11-16/h5-8,12-13H,4,9-11H2,1-3H3/t12-,13+. The van der Waals surface area contributed by atoms with E-state index in [2.05, 4.69) is 20.8 Å². The normalized spacial score (nSPS) is 25.4. The molecule has 0 N–H and O–H groups in total. The Balaban J connectivity index is 2.25. The summed E-state index contributed by atoms with van der Waals surface area (Å²) in [5.74, 6) is 0.877. The van der Waals surface area contributed by atoms with Crippen LogP contribution in [0.2, 0.25) is 0 Å². The fourth-order valence-electron chi connectivity index (χ4n) is 2.85. The predicted octanol–water partition coefficient (Wildman–Crippen LogP) is 2.92. The van der Waals surface area contributed by atoms with Gasteiger partial charge in [0, 0.05) is 13.1 Å². The first-order valence-corrected chi connectivity index (χ1v) is 8.46. The Morgan fingerprint density at radius 2 is 1.63 bits per heavy atom. The zero-order valence-corrected chi connectivity index (χ0v) is 12.8. The largest absolute Gasteiger partial charge is 0.243 e. The van der Waals surface area contributed by atoms with Crippen molar-refractivity contribution in [2.75, 3.05) is 13.1 Å². The number of hydrogen-bond donors (Lipinski definition) is 0. The van der Waals surface area contributed by atoms with Crippen LogP contribution < -0.4 is 0 Å². The maximum atomic E-state index is 12.6. The molecule has 1 aliphatic rings. The minimum Gasteiger partial charge on any atom is -0.207 e. The number of hydrogen-bond acceptors (Lipinski definition) is 2. The summed E-state index contributed by atoms with van der Waals surface area (Å²) in [6.45, 7) is 7.60. The van der Waals surface area contributed by atoms with E-state index in [9.17, 15) is 8.42 Å². The van der Waals surface area contributed by atoms with Crippen LogP contribution in [0.1, 0.15) is 32.8 Å². The van der Waals surface area contributed by atoms with Crippen molar-refractivity contribution in [2.24, 2.45) is 11.8 Å². The lowest BCUT2D eigenvalue weighted by molar-refractivity contribution is 0.222. The first kappa shape index (κ1) is 14.5. The molecule has 0 saturated carbocycles. The highest BCUT2D eigenvalue weighted by atomic mass is 32.2. The van der Waals surface area contributed by atoms with Crippen molar-refractivity contribution in [3.8, 4) is 0 Å². The Bertz CT molecular complexity index is 512. The van der Waals surface area contributed by atoms with E-state index in [1.807, 2.05) is 12.1 Å². The van der Waals surface area contributed by atoms with Gasteiger partial charge in [-0.05, 0) is 42.4 Å². The molecule has 1 heterocycles. The minimum absolute atomic E-state index is 0.422. The van der Waals surface area contributed by atoms with Gasteiger partial charge in [-0.1, -0.05) is 32.9 Å². The van der Waals surface area contributed by atoms with Gasteiger partial charge in [0.1, 0.15) is 0 Å². The van der Waals surface area contributed by atoms with Crippen molar-refractivity contribution in [3.05, 3.63) is 29.8 Å². The second-order valence-corrected chi connectivity index (χ2v) is 7.70. The highest BCUT2D eigenvalue weighted by Gasteiger charge is 2.31.